The maximum atomic E-state index is 11.1. The molecule has 2 rings (SSSR count). The first kappa shape index (κ1) is 10.3. The lowest BCUT2D eigenvalue weighted by Crippen LogP contribution is -1.84. The second-order valence-electron chi connectivity index (χ2n) is 3.14. The number of hydrogen-bond donors (Lipinski definition) is 0. The van der Waals surface area contributed by atoms with Crippen molar-refractivity contribution in [3.8, 4) is 11.3 Å². The van der Waals surface area contributed by atoms with Crippen LogP contribution in [0.4, 0.5) is 0 Å². The number of rotatable bonds is 2. The van der Waals surface area contributed by atoms with Crippen LogP contribution in [0.3, 0.4) is 0 Å². The normalized spacial score (nSPS) is 10.3. The van der Waals surface area contributed by atoms with E-state index < -0.39 is 0 Å². The van der Waals surface area contributed by atoms with E-state index in [0.29, 0.717) is 9.90 Å². The molecule has 0 fully saturated rings. The van der Waals surface area contributed by atoms with Gasteiger partial charge in [0.15, 0.2) is 5.78 Å². The second-order valence-corrected chi connectivity index (χ2v) is 4.38. The second kappa shape index (κ2) is 4.13. The van der Waals surface area contributed by atoms with Gasteiger partial charge in [0.1, 0.15) is 0 Å². The number of Topliss-reactive ketones (excluding diaryl/α,β-unsaturated/α-hetero) is 1. The minimum absolute atomic E-state index is 0.0488. The first-order valence-electron chi connectivity index (χ1n) is 4.40. The largest absolute Gasteiger partial charge is 0.294 e. The molecule has 15 heavy (non-hydrogen) atoms. The highest BCUT2D eigenvalue weighted by atomic mass is 35.5. The topological polar surface area (TPSA) is 30.0 Å². The van der Waals surface area contributed by atoms with Crippen molar-refractivity contribution in [1.82, 2.24) is 4.37 Å². The van der Waals surface area contributed by atoms with Crippen LogP contribution in [0.15, 0.2) is 30.3 Å². The average molecular weight is 238 g/mol. The molecule has 2 nitrogen and oxygen atoms in total. The maximum absolute atomic E-state index is 11.1. The van der Waals surface area contributed by atoms with Crippen molar-refractivity contribution >= 4 is 28.9 Å². The lowest BCUT2D eigenvalue weighted by molar-refractivity contribution is 0.102. The van der Waals surface area contributed by atoms with Crippen LogP contribution in [0, 0.1) is 0 Å². The van der Waals surface area contributed by atoms with Crippen LogP contribution in [-0.2, 0) is 0 Å². The molecule has 0 amide bonds. The summed E-state index contributed by atoms with van der Waals surface area (Å²) in [5.41, 5.74) is 1.80. The van der Waals surface area contributed by atoms with Gasteiger partial charge in [-0.15, -0.1) is 0 Å². The van der Waals surface area contributed by atoms with Gasteiger partial charge in [0.2, 0.25) is 0 Å². The smallest absolute Gasteiger partial charge is 0.171 e. The highest BCUT2D eigenvalue weighted by molar-refractivity contribution is 7.08. The molecule has 2 aromatic rings. The first-order chi connectivity index (χ1) is 7.16. The molecule has 0 spiro atoms. The third kappa shape index (κ3) is 2.25. The van der Waals surface area contributed by atoms with Crippen LogP contribution in [0.2, 0.25) is 5.02 Å². The Morgan fingerprint density at radius 3 is 2.53 bits per heavy atom. The molecule has 4 heteroatoms. The summed E-state index contributed by atoms with van der Waals surface area (Å²) in [6, 6.07) is 9.20. The summed E-state index contributed by atoms with van der Waals surface area (Å²) >= 11 is 7.01. The van der Waals surface area contributed by atoms with Crippen molar-refractivity contribution in [1.29, 1.82) is 0 Å². The molecule has 1 aromatic heterocycles. The van der Waals surface area contributed by atoms with Gasteiger partial charge in [0, 0.05) is 17.5 Å². The molecule has 0 radical (unpaired) electrons. The van der Waals surface area contributed by atoms with Crippen molar-refractivity contribution in [2.45, 2.75) is 6.92 Å². The summed E-state index contributed by atoms with van der Waals surface area (Å²) in [6.07, 6.45) is 0. The molecule has 0 unspecified atom stereocenters. The fourth-order valence-corrected chi connectivity index (χ4v) is 1.97. The average Bonchev–Trinajstić information content (AvgIpc) is 2.68. The Morgan fingerprint density at radius 2 is 2.00 bits per heavy atom. The molecule has 0 saturated heterocycles. The van der Waals surface area contributed by atoms with Crippen molar-refractivity contribution < 1.29 is 4.79 Å². The van der Waals surface area contributed by atoms with Gasteiger partial charge >= 0.3 is 0 Å². The van der Waals surface area contributed by atoms with Gasteiger partial charge in [0.05, 0.1) is 10.6 Å². The fourth-order valence-electron chi connectivity index (χ4n) is 1.20. The van der Waals surface area contributed by atoms with Gasteiger partial charge in [0.25, 0.3) is 0 Å². The number of hydrogen-bond acceptors (Lipinski definition) is 3. The Bertz CT molecular complexity index is 490. The van der Waals surface area contributed by atoms with Crippen LogP contribution >= 0.6 is 23.1 Å². The van der Waals surface area contributed by atoms with Gasteiger partial charge in [-0.3, -0.25) is 4.79 Å². The van der Waals surface area contributed by atoms with E-state index in [1.807, 2.05) is 24.3 Å². The third-order valence-corrected chi connectivity index (χ3v) is 3.14. The predicted octanol–water partition coefficient (Wildman–Crippen LogP) is 3.67. The summed E-state index contributed by atoms with van der Waals surface area (Å²) in [6.45, 7) is 1.54. The van der Waals surface area contributed by atoms with Crippen LogP contribution in [0.5, 0.6) is 0 Å². The molecular formula is C11H8ClNOS. The third-order valence-electron chi connectivity index (χ3n) is 2.00. The van der Waals surface area contributed by atoms with E-state index in [1.54, 1.807) is 13.0 Å². The molecular weight excluding hydrogens is 230 g/mol. The summed E-state index contributed by atoms with van der Waals surface area (Å²) in [5, 5.41) is 0.695. The zero-order valence-corrected chi connectivity index (χ0v) is 9.60. The van der Waals surface area contributed by atoms with Gasteiger partial charge in [-0.2, -0.15) is 4.37 Å². The minimum atomic E-state index is 0.0488. The lowest BCUT2D eigenvalue weighted by atomic mass is 10.1. The molecule has 0 aliphatic rings. The Balaban J connectivity index is 2.37. The lowest BCUT2D eigenvalue weighted by Gasteiger charge is -1.95. The van der Waals surface area contributed by atoms with Crippen molar-refractivity contribution in [3.05, 3.63) is 40.2 Å². The monoisotopic (exact) mass is 237 g/mol. The molecule has 0 N–H and O–H groups in total. The van der Waals surface area contributed by atoms with E-state index in [9.17, 15) is 4.79 Å². The number of aromatic nitrogens is 1. The van der Waals surface area contributed by atoms with Gasteiger partial charge in [-0.1, -0.05) is 23.7 Å². The molecule has 0 aliphatic carbocycles. The van der Waals surface area contributed by atoms with E-state index in [2.05, 4.69) is 4.37 Å². The molecule has 0 saturated carbocycles. The predicted molar refractivity (Wildman–Crippen MR) is 62.6 cm³/mol. The van der Waals surface area contributed by atoms with Crippen LogP contribution in [0.1, 0.15) is 16.6 Å². The molecule has 1 aromatic carbocycles. The van der Waals surface area contributed by atoms with Gasteiger partial charge in [-0.05, 0) is 29.7 Å². The Hall–Kier alpha value is -1.19. The molecule has 0 aliphatic heterocycles. The summed E-state index contributed by atoms with van der Waals surface area (Å²) < 4.78 is 4.22. The van der Waals surface area contributed by atoms with Gasteiger partial charge in [-0.25, -0.2) is 0 Å². The maximum Gasteiger partial charge on any atom is 0.171 e. The van der Waals surface area contributed by atoms with Crippen molar-refractivity contribution in [2.75, 3.05) is 0 Å². The van der Waals surface area contributed by atoms with E-state index in [4.69, 9.17) is 11.6 Å². The number of ketones is 1. The number of benzene rings is 1. The molecule has 1 heterocycles. The first-order valence-corrected chi connectivity index (χ1v) is 5.55. The highest BCUT2D eigenvalue weighted by Crippen LogP contribution is 2.23. The zero-order valence-electron chi connectivity index (χ0n) is 8.03. The van der Waals surface area contributed by atoms with E-state index >= 15 is 0 Å². The standard InChI is InChI=1S/C11H8ClNOS/c1-7(14)11-6-10(13-15-11)8-2-4-9(12)5-3-8/h2-6H,1H3. The summed E-state index contributed by atoms with van der Waals surface area (Å²) in [7, 11) is 0. The fraction of sp³-hybridized carbons (Fsp3) is 0.0909. The van der Waals surface area contributed by atoms with E-state index in [1.165, 1.54) is 11.5 Å². The zero-order chi connectivity index (χ0) is 10.8. The number of halogens is 1. The van der Waals surface area contributed by atoms with Gasteiger partial charge < -0.3 is 0 Å². The quantitative estimate of drug-likeness (QED) is 0.746. The summed E-state index contributed by atoms with van der Waals surface area (Å²) in [4.78, 5) is 11.8. The van der Waals surface area contributed by atoms with Crippen LogP contribution < -0.4 is 0 Å². The van der Waals surface area contributed by atoms with E-state index in [-0.39, 0.29) is 5.78 Å². The van der Waals surface area contributed by atoms with Crippen LogP contribution in [0.25, 0.3) is 11.3 Å². The molecule has 0 atom stereocenters. The Labute approximate surface area is 96.7 Å². The number of carbonyl (C=O) groups excluding carboxylic acids is 1. The Morgan fingerprint density at radius 1 is 1.33 bits per heavy atom. The van der Waals surface area contributed by atoms with Crippen molar-refractivity contribution in [3.63, 3.8) is 0 Å². The summed E-state index contributed by atoms with van der Waals surface area (Å²) in [5.74, 6) is 0.0488. The Kier molecular flexibility index (Phi) is 2.84. The number of carbonyl (C=O) groups is 1. The molecule has 76 valence electrons. The number of nitrogens with zero attached hydrogens (tertiary/aromatic N) is 1. The molecule has 0 bridgehead atoms. The highest BCUT2D eigenvalue weighted by Gasteiger charge is 2.07. The minimum Gasteiger partial charge on any atom is -0.294 e. The van der Waals surface area contributed by atoms with Crippen LogP contribution in [-0.4, -0.2) is 10.2 Å². The van der Waals surface area contributed by atoms with E-state index in [0.717, 1.165) is 11.3 Å². The SMILES string of the molecule is CC(=O)c1cc(-c2ccc(Cl)cc2)ns1. The van der Waals surface area contributed by atoms with Crippen molar-refractivity contribution in [2.24, 2.45) is 0 Å².